The molecule has 0 radical (unpaired) electrons. The normalized spacial score (nSPS) is 24.7. The third-order valence-corrected chi connectivity index (χ3v) is 4.70. The van der Waals surface area contributed by atoms with Crippen molar-refractivity contribution in [1.29, 1.82) is 0 Å². The molecule has 0 N–H and O–H groups in total. The molecule has 1 unspecified atom stereocenters. The molecule has 2 saturated heterocycles. The van der Waals surface area contributed by atoms with Gasteiger partial charge in [-0.2, -0.15) is 0 Å². The van der Waals surface area contributed by atoms with E-state index >= 15 is 0 Å². The molecular weight excluding hydrogens is 262 g/mol. The largest absolute Gasteiger partial charge is 0.338 e. The molecule has 21 heavy (non-hydrogen) atoms. The van der Waals surface area contributed by atoms with Crippen LogP contribution in [0, 0.1) is 5.92 Å². The van der Waals surface area contributed by atoms with Gasteiger partial charge in [-0.3, -0.25) is 4.79 Å². The van der Waals surface area contributed by atoms with E-state index < -0.39 is 0 Å². The Morgan fingerprint density at radius 3 is 2.48 bits per heavy atom. The molecule has 3 rings (SSSR count). The number of piperazine rings is 1. The number of benzene rings is 1. The number of likely N-dealkylation sites (N-methyl/N-ethyl adjacent to an activating group) is 1. The zero-order valence-electron chi connectivity index (χ0n) is 12.9. The van der Waals surface area contributed by atoms with Crippen molar-refractivity contribution in [3.05, 3.63) is 35.9 Å². The number of amides is 1. The molecular formula is C17H25N3O. The van der Waals surface area contributed by atoms with Crippen LogP contribution in [0.1, 0.15) is 12.0 Å². The molecule has 1 atom stereocenters. The van der Waals surface area contributed by atoms with Gasteiger partial charge in [0.05, 0.1) is 5.92 Å². The zero-order valence-corrected chi connectivity index (χ0v) is 12.9. The Balaban J connectivity index is 1.52. The molecule has 114 valence electrons. The maximum absolute atomic E-state index is 12.5. The van der Waals surface area contributed by atoms with E-state index in [0.717, 1.165) is 52.2 Å². The van der Waals surface area contributed by atoms with Crippen molar-refractivity contribution < 1.29 is 4.79 Å². The summed E-state index contributed by atoms with van der Waals surface area (Å²) in [6.07, 6.45) is 1.01. The zero-order chi connectivity index (χ0) is 14.7. The van der Waals surface area contributed by atoms with Gasteiger partial charge in [-0.15, -0.1) is 0 Å². The minimum absolute atomic E-state index is 0.206. The van der Waals surface area contributed by atoms with Crippen LogP contribution in [-0.2, 0) is 11.3 Å². The van der Waals surface area contributed by atoms with Gasteiger partial charge in [0.25, 0.3) is 0 Å². The van der Waals surface area contributed by atoms with Gasteiger partial charge in [-0.25, -0.2) is 0 Å². The van der Waals surface area contributed by atoms with Crippen LogP contribution in [0.2, 0.25) is 0 Å². The second-order valence-electron chi connectivity index (χ2n) is 6.33. The minimum atomic E-state index is 0.206. The molecule has 0 bridgehead atoms. The molecule has 2 fully saturated rings. The van der Waals surface area contributed by atoms with Crippen molar-refractivity contribution in [3.8, 4) is 0 Å². The van der Waals surface area contributed by atoms with Crippen molar-refractivity contribution in [3.63, 3.8) is 0 Å². The summed E-state index contributed by atoms with van der Waals surface area (Å²) in [5.41, 5.74) is 1.23. The summed E-state index contributed by atoms with van der Waals surface area (Å²) < 4.78 is 0. The van der Waals surface area contributed by atoms with E-state index in [0.29, 0.717) is 5.91 Å². The maximum Gasteiger partial charge on any atom is 0.227 e. The average molecular weight is 287 g/mol. The highest BCUT2D eigenvalue weighted by molar-refractivity contribution is 5.81. The first-order chi connectivity index (χ1) is 10.2. The SMILES string of the molecule is CN1CCN(CC2CCN(Cc3ccccc3)C2=O)CC1. The van der Waals surface area contributed by atoms with Crippen molar-refractivity contribution in [2.24, 2.45) is 5.92 Å². The van der Waals surface area contributed by atoms with Gasteiger partial charge in [-0.05, 0) is 19.0 Å². The second kappa shape index (κ2) is 6.58. The lowest BCUT2D eigenvalue weighted by molar-refractivity contribution is -0.132. The fraction of sp³-hybridized carbons (Fsp3) is 0.588. The molecule has 1 aromatic rings. The first kappa shape index (κ1) is 14.5. The molecule has 1 aromatic carbocycles. The van der Waals surface area contributed by atoms with E-state index in [9.17, 15) is 4.79 Å². The lowest BCUT2D eigenvalue weighted by Gasteiger charge is -2.33. The molecule has 0 saturated carbocycles. The van der Waals surface area contributed by atoms with E-state index in [-0.39, 0.29) is 5.92 Å². The Morgan fingerprint density at radius 1 is 1.05 bits per heavy atom. The summed E-state index contributed by atoms with van der Waals surface area (Å²) in [4.78, 5) is 19.4. The van der Waals surface area contributed by atoms with Gasteiger partial charge in [-0.1, -0.05) is 30.3 Å². The van der Waals surface area contributed by atoms with Crippen LogP contribution in [0.3, 0.4) is 0 Å². The lowest BCUT2D eigenvalue weighted by atomic mass is 10.1. The number of carbonyl (C=O) groups excluding carboxylic acids is 1. The van der Waals surface area contributed by atoms with E-state index in [2.05, 4.69) is 29.0 Å². The number of nitrogens with zero attached hydrogens (tertiary/aromatic N) is 3. The quantitative estimate of drug-likeness (QED) is 0.835. The molecule has 2 aliphatic rings. The fourth-order valence-electron chi connectivity index (χ4n) is 3.28. The Kier molecular flexibility index (Phi) is 4.56. The molecule has 2 aliphatic heterocycles. The van der Waals surface area contributed by atoms with Gasteiger partial charge in [0.15, 0.2) is 0 Å². The first-order valence-corrected chi connectivity index (χ1v) is 7.96. The summed E-state index contributed by atoms with van der Waals surface area (Å²) in [6, 6.07) is 10.3. The maximum atomic E-state index is 12.5. The monoisotopic (exact) mass is 287 g/mol. The topological polar surface area (TPSA) is 26.8 Å². The average Bonchev–Trinajstić information content (AvgIpc) is 2.84. The highest BCUT2D eigenvalue weighted by Crippen LogP contribution is 2.21. The molecule has 4 nitrogen and oxygen atoms in total. The van der Waals surface area contributed by atoms with Gasteiger partial charge >= 0.3 is 0 Å². The predicted octanol–water partition coefficient (Wildman–Crippen LogP) is 1.28. The summed E-state index contributed by atoms with van der Waals surface area (Å²) >= 11 is 0. The summed E-state index contributed by atoms with van der Waals surface area (Å²) in [5, 5.41) is 0. The lowest BCUT2D eigenvalue weighted by Crippen LogP contribution is -2.46. The predicted molar refractivity (Wildman–Crippen MR) is 83.9 cm³/mol. The first-order valence-electron chi connectivity index (χ1n) is 7.96. The van der Waals surface area contributed by atoms with Gasteiger partial charge < -0.3 is 14.7 Å². The molecule has 2 heterocycles. The number of hydrogen-bond donors (Lipinski definition) is 0. The van der Waals surface area contributed by atoms with Crippen LogP contribution in [0.25, 0.3) is 0 Å². The van der Waals surface area contributed by atoms with E-state index in [1.165, 1.54) is 5.56 Å². The third-order valence-electron chi connectivity index (χ3n) is 4.70. The summed E-state index contributed by atoms with van der Waals surface area (Å²) in [5.74, 6) is 0.551. The van der Waals surface area contributed by atoms with Crippen molar-refractivity contribution in [2.45, 2.75) is 13.0 Å². The highest BCUT2D eigenvalue weighted by Gasteiger charge is 2.33. The second-order valence-corrected chi connectivity index (χ2v) is 6.33. The van der Waals surface area contributed by atoms with E-state index in [1.54, 1.807) is 0 Å². The van der Waals surface area contributed by atoms with Crippen LogP contribution in [0.15, 0.2) is 30.3 Å². The fourth-order valence-corrected chi connectivity index (χ4v) is 3.28. The Hall–Kier alpha value is -1.39. The van der Waals surface area contributed by atoms with Gasteiger partial charge in [0, 0.05) is 45.8 Å². The van der Waals surface area contributed by atoms with E-state index in [4.69, 9.17) is 0 Å². The Bertz CT molecular complexity index is 468. The Morgan fingerprint density at radius 2 is 1.76 bits per heavy atom. The smallest absolute Gasteiger partial charge is 0.227 e. The number of carbonyl (C=O) groups is 1. The van der Waals surface area contributed by atoms with Crippen LogP contribution >= 0.6 is 0 Å². The molecule has 0 aromatic heterocycles. The summed E-state index contributed by atoms with van der Waals surface area (Å²) in [7, 11) is 2.17. The van der Waals surface area contributed by atoms with Gasteiger partial charge in [0.1, 0.15) is 0 Å². The summed E-state index contributed by atoms with van der Waals surface area (Å²) in [6.45, 7) is 7.05. The third kappa shape index (κ3) is 3.63. The van der Waals surface area contributed by atoms with Crippen LogP contribution < -0.4 is 0 Å². The molecule has 4 heteroatoms. The Labute approximate surface area is 127 Å². The van der Waals surface area contributed by atoms with Gasteiger partial charge in [0.2, 0.25) is 5.91 Å². The molecule has 1 amide bonds. The number of likely N-dealkylation sites (tertiary alicyclic amines) is 1. The van der Waals surface area contributed by atoms with Crippen LogP contribution in [0.4, 0.5) is 0 Å². The van der Waals surface area contributed by atoms with Crippen LogP contribution in [-0.4, -0.2) is 66.9 Å². The molecule has 0 spiro atoms. The number of hydrogen-bond acceptors (Lipinski definition) is 3. The van der Waals surface area contributed by atoms with Crippen molar-refractivity contribution in [1.82, 2.24) is 14.7 Å². The number of rotatable bonds is 4. The highest BCUT2D eigenvalue weighted by atomic mass is 16.2. The van der Waals surface area contributed by atoms with E-state index in [1.807, 2.05) is 23.1 Å². The van der Waals surface area contributed by atoms with Crippen molar-refractivity contribution in [2.75, 3.05) is 46.3 Å². The minimum Gasteiger partial charge on any atom is -0.338 e. The standard InChI is InChI=1S/C17H25N3O/c1-18-9-11-19(12-10-18)14-16-7-8-20(17(16)21)13-15-5-3-2-4-6-15/h2-6,16H,7-14H2,1H3. The van der Waals surface area contributed by atoms with Crippen LogP contribution in [0.5, 0.6) is 0 Å². The van der Waals surface area contributed by atoms with Crippen molar-refractivity contribution >= 4 is 5.91 Å². The molecule has 0 aliphatic carbocycles.